The number of pyridine rings is 1. The van der Waals surface area contributed by atoms with Crippen molar-refractivity contribution >= 4 is 15.8 Å². The smallest absolute Gasteiger partial charge is 0.333 e. The molecule has 2 aromatic heterocycles. The van der Waals surface area contributed by atoms with Gasteiger partial charge in [0, 0.05) is 32.4 Å². The van der Waals surface area contributed by atoms with E-state index in [1.165, 1.54) is 18.2 Å². The first-order valence-corrected chi connectivity index (χ1v) is 9.26. The van der Waals surface area contributed by atoms with Crippen molar-refractivity contribution in [2.75, 3.05) is 31.1 Å². The zero-order valence-electron chi connectivity index (χ0n) is 13.9. The highest BCUT2D eigenvalue weighted by molar-refractivity contribution is 7.89. The lowest BCUT2D eigenvalue weighted by Gasteiger charge is -2.34. The molecule has 0 unspecified atom stereocenters. The fourth-order valence-corrected chi connectivity index (χ4v) is 4.82. The summed E-state index contributed by atoms with van der Waals surface area (Å²) >= 11 is 0. The van der Waals surface area contributed by atoms with Crippen LogP contribution in [0.3, 0.4) is 0 Å². The van der Waals surface area contributed by atoms with E-state index in [4.69, 9.17) is 0 Å². The number of halogens is 2. The van der Waals surface area contributed by atoms with E-state index in [0.29, 0.717) is 17.8 Å². The summed E-state index contributed by atoms with van der Waals surface area (Å²) in [5.41, 5.74) is 0.0459. The average Bonchev–Trinajstić information content (AvgIpc) is 2.91. The predicted octanol–water partition coefficient (Wildman–Crippen LogP) is 1.80. The first kappa shape index (κ1) is 17.7. The van der Waals surface area contributed by atoms with Gasteiger partial charge < -0.3 is 4.90 Å². The van der Waals surface area contributed by atoms with Crippen molar-refractivity contribution in [2.45, 2.75) is 25.3 Å². The van der Waals surface area contributed by atoms with Gasteiger partial charge in [-0.1, -0.05) is 6.07 Å². The fraction of sp³-hybridized carbons (Fsp3) is 0.467. The third-order valence-electron chi connectivity index (χ3n) is 4.25. The molecule has 1 aliphatic heterocycles. The molecule has 0 amide bonds. The van der Waals surface area contributed by atoms with Crippen molar-refractivity contribution in [2.24, 2.45) is 0 Å². The lowest BCUT2D eigenvalue weighted by Crippen LogP contribution is -2.49. The zero-order chi connectivity index (χ0) is 18.2. The predicted molar refractivity (Wildman–Crippen MR) is 88.2 cm³/mol. The van der Waals surface area contributed by atoms with Gasteiger partial charge in [-0.3, -0.25) is 0 Å². The Morgan fingerprint density at radius 2 is 1.80 bits per heavy atom. The third-order valence-corrected chi connectivity index (χ3v) is 6.40. The van der Waals surface area contributed by atoms with Gasteiger partial charge in [-0.15, -0.1) is 0 Å². The summed E-state index contributed by atoms with van der Waals surface area (Å²) in [5, 5.41) is 3.67. The van der Waals surface area contributed by atoms with Gasteiger partial charge in [0.2, 0.25) is 10.0 Å². The number of aromatic nitrogens is 3. The number of hydrogen-bond acceptors (Lipinski definition) is 5. The summed E-state index contributed by atoms with van der Waals surface area (Å²) in [6, 6.07) is 5.55. The van der Waals surface area contributed by atoms with E-state index in [0.717, 1.165) is 5.82 Å². The van der Waals surface area contributed by atoms with E-state index in [1.807, 2.05) is 23.1 Å². The molecule has 3 heterocycles. The zero-order valence-corrected chi connectivity index (χ0v) is 14.7. The lowest BCUT2D eigenvalue weighted by atomic mass is 10.3. The van der Waals surface area contributed by atoms with E-state index >= 15 is 0 Å². The topological polar surface area (TPSA) is 71.3 Å². The van der Waals surface area contributed by atoms with E-state index < -0.39 is 16.6 Å². The van der Waals surface area contributed by atoms with Crippen molar-refractivity contribution < 1.29 is 17.2 Å². The van der Waals surface area contributed by atoms with Gasteiger partial charge in [0.25, 0.3) is 0 Å². The highest BCUT2D eigenvalue weighted by Crippen LogP contribution is 2.27. The van der Waals surface area contributed by atoms with Crippen molar-refractivity contribution in [3.05, 3.63) is 35.8 Å². The summed E-state index contributed by atoms with van der Waals surface area (Å²) < 4.78 is 53.5. The highest BCUT2D eigenvalue weighted by atomic mass is 32.2. The Morgan fingerprint density at radius 1 is 1.12 bits per heavy atom. The molecule has 0 radical (unpaired) electrons. The molecule has 0 aliphatic carbocycles. The van der Waals surface area contributed by atoms with Crippen LogP contribution in [-0.2, 0) is 10.0 Å². The van der Waals surface area contributed by atoms with Crippen LogP contribution in [0.5, 0.6) is 0 Å². The second kappa shape index (κ2) is 6.68. The van der Waals surface area contributed by atoms with Gasteiger partial charge in [0.05, 0.1) is 11.4 Å². The molecule has 0 aromatic carbocycles. The molecule has 0 N–H and O–H groups in total. The molecule has 1 saturated heterocycles. The second-order valence-electron chi connectivity index (χ2n) is 5.80. The Morgan fingerprint density at radius 3 is 2.32 bits per heavy atom. The molecule has 0 saturated carbocycles. The van der Waals surface area contributed by atoms with Crippen molar-refractivity contribution in [3.63, 3.8) is 0 Å². The Hall–Kier alpha value is -2.07. The van der Waals surface area contributed by atoms with E-state index in [9.17, 15) is 17.2 Å². The second-order valence-corrected chi connectivity index (χ2v) is 7.68. The van der Waals surface area contributed by atoms with Crippen molar-refractivity contribution in [1.82, 2.24) is 19.1 Å². The Kier molecular flexibility index (Phi) is 4.74. The number of alkyl halides is 2. The minimum absolute atomic E-state index is 0.0420. The quantitative estimate of drug-likeness (QED) is 0.820. The van der Waals surface area contributed by atoms with Crippen LogP contribution in [0.25, 0.3) is 0 Å². The minimum Gasteiger partial charge on any atom is -0.354 e. The molecule has 25 heavy (non-hydrogen) atoms. The fourth-order valence-electron chi connectivity index (χ4n) is 3.04. The molecule has 136 valence electrons. The van der Waals surface area contributed by atoms with E-state index in [-0.39, 0.29) is 29.4 Å². The number of rotatable bonds is 4. The van der Waals surface area contributed by atoms with Crippen LogP contribution in [0.15, 0.2) is 29.3 Å². The van der Waals surface area contributed by atoms with E-state index in [2.05, 4.69) is 10.1 Å². The molecule has 7 nitrogen and oxygen atoms in total. The molecule has 0 spiro atoms. The largest absolute Gasteiger partial charge is 0.354 e. The first-order chi connectivity index (χ1) is 11.8. The Bertz CT molecular complexity index is 846. The number of piperazine rings is 1. The first-order valence-electron chi connectivity index (χ1n) is 7.82. The van der Waals surface area contributed by atoms with Crippen LogP contribution in [-0.4, -0.2) is 53.7 Å². The molecular formula is C15H19F2N5O2S. The molecule has 2 aromatic rings. The van der Waals surface area contributed by atoms with Gasteiger partial charge >= 0.3 is 6.55 Å². The Labute approximate surface area is 144 Å². The van der Waals surface area contributed by atoms with Crippen LogP contribution in [0.4, 0.5) is 14.6 Å². The van der Waals surface area contributed by atoms with Gasteiger partial charge in [-0.2, -0.15) is 18.2 Å². The molecule has 1 aliphatic rings. The standard InChI is InChI=1S/C15H19F2N5O2S/c1-11-14(12(2)22(19-11)15(16)17)25(23,24)21-9-7-20(8-10-21)13-5-3-4-6-18-13/h3-6,15H,7-10H2,1-2H3. The Balaban J connectivity index is 1.81. The van der Waals surface area contributed by atoms with Gasteiger partial charge in [0.15, 0.2) is 0 Å². The number of aryl methyl sites for hydroxylation is 1. The van der Waals surface area contributed by atoms with Gasteiger partial charge in [-0.05, 0) is 26.0 Å². The highest BCUT2D eigenvalue weighted by Gasteiger charge is 2.34. The van der Waals surface area contributed by atoms with E-state index in [1.54, 1.807) is 6.20 Å². The van der Waals surface area contributed by atoms with Crippen LogP contribution in [0.1, 0.15) is 17.9 Å². The monoisotopic (exact) mass is 371 g/mol. The van der Waals surface area contributed by atoms with Gasteiger partial charge in [0.1, 0.15) is 10.7 Å². The number of anilines is 1. The average molecular weight is 371 g/mol. The molecule has 0 atom stereocenters. The summed E-state index contributed by atoms with van der Waals surface area (Å²) in [5.74, 6) is 0.789. The molecular weight excluding hydrogens is 352 g/mol. The van der Waals surface area contributed by atoms with Crippen LogP contribution >= 0.6 is 0 Å². The van der Waals surface area contributed by atoms with Crippen molar-refractivity contribution in [3.8, 4) is 0 Å². The van der Waals surface area contributed by atoms with Crippen molar-refractivity contribution in [1.29, 1.82) is 0 Å². The summed E-state index contributed by atoms with van der Waals surface area (Å²) in [4.78, 5) is 6.13. The normalized spacial score (nSPS) is 16.6. The lowest BCUT2D eigenvalue weighted by molar-refractivity contribution is 0.0538. The van der Waals surface area contributed by atoms with Crippen LogP contribution in [0.2, 0.25) is 0 Å². The molecule has 0 bridgehead atoms. The maximum Gasteiger partial charge on any atom is 0.333 e. The number of nitrogens with zero attached hydrogens (tertiary/aromatic N) is 5. The molecule has 1 fully saturated rings. The summed E-state index contributed by atoms with van der Waals surface area (Å²) in [6.45, 7) is 1.40. The van der Waals surface area contributed by atoms with Gasteiger partial charge in [-0.25, -0.2) is 18.1 Å². The number of hydrogen-bond donors (Lipinski definition) is 0. The SMILES string of the molecule is Cc1nn(C(F)F)c(C)c1S(=O)(=O)N1CCN(c2ccccn2)CC1. The minimum atomic E-state index is -3.87. The van der Waals surface area contributed by atoms with Crippen LogP contribution in [0, 0.1) is 13.8 Å². The molecule has 3 rings (SSSR count). The summed E-state index contributed by atoms with van der Waals surface area (Å²) in [7, 11) is -3.87. The maximum atomic E-state index is 13.0. The number of sulfonamides is 1. The third kappa shape index (κ3) is 3.23. The maximum absolute atomic E-state index is 13.0. The summed E-state index contributed by atoms with van der Waals surface area (Å²) in [6.07, 6.45) is 1.68. The van der Waals surface area contributed by atoms with Crippen LogP contribution < -0.4 is 4.90 Å². The molecule has 10 heteroatoms.